The summed E-state index contributed by atoms with van der Waals surface area (Å²) in [5.41, 5.74) is 0.610. The summed E-state index contributed by atoms with van der Waals surface area (Å²) in [6.07, 6.45) is 0. The van der Waals surface area contributed by atoms with Crippen molar-refractivity contribution >= 4 is 33.2 Å². The smallest absolute Gasteiger partial charge is 0.243 e. The normalized spacial score (nSPS) is 11.7. The highest BCUT2D eigenvalue weighted by Gasteiger charge is 2.23. The van der Waals surface area contributed by atoms with E-state index in [-0.39, 0.29) is 16.5 Å². The predicted molar refractivity (Wildman–Crippen MR) is 88.1 cm³/mol. The van der Waals surface area contributed by atoms with Gasteiger partial charge >= 0.3 is 0 Å². The van der Waals surface area contributed by atoms with Gasteiger partial charge in [-0.15, -0.1) is 0 Å². The van der Waals surface area contributed by atoms with Crippen LogP contribution in [0, 0.1) is 5.82 Å². The zero-order chi connectivity index (χ0) is 17.2. The number of hydrogen-bond acceptors (Lipinski definition) is 3. The van der Waals surface area contributed by atoms with Gasteiger partial charge in [0.05, 0.1) is 17.0 Å². The van der Waals surface area contributed by atoms with Crippen molar-refractivity contribution in [3.63, 3.8) is 0 Å². The van der Waals surface area contributed by atoms with Crippen molar-refractivity contribution in [2.45, 2.75) is 11.4 Å². The lowest BCUT2D eigenvalue weighted by molar-refractivity contribution is 0.398. The lowest BCUT2D eigenvalue weighted by atomic mass is 10.2. The molecular weight excluding hydrogens is 364 g/mol. The van der Waals surface area contributed by atoms with Gasteiger partial charge in [-0.3, -0.25) is 0 Å². The molecule has 4 nitrogen and oxygen atoms in total. The molecule has 0 aromatic heterocycles. The number of halogens is 3. The van der Waals surface area contributed by atoms with Crippen LogP contribution in [0.1, 0.15) is 5.56 Å². The van der Waals surface area contributed by atoms with Crippen LogP contribution >= 0.6 is 23.2 Å². The summed E-state index contributed by atoms with van der Waals surface area (Å²) in [6.45, 7) is 0.0427. The standard InChI is InChI=1S/C15H14Cl2FNO3S/c1-19(9-10-7-11(16)3-6-15(10)22-2)23(20,21)12-4-5-14(18)13(17)8-12/h3-8H,9H2,1-2H3. The fourth-order valence-corrected chi connectivity index (χ4v) is 3.63. The van der Waals surface area contributed by atoms with Crippen molar-refractivity contribution in [1.29, 1.82) is 0 Å². The molecular formula is C15H14Cl2FNO3S. The van der Waals surface area contributed by atoms with E-state index in [1.54, 1.807) is 18.2 Å². The number of hydrogen-bond donors (Lipinski definition) is 0. The molecule has 0 aliphatic rings. The molecule has 2 rings (SSSR count). The Balaban J connectivity index is 2.34. The molecule has 124 valence electrons. The lowest BCUT2D eigenvalue weighted by Crippen LogP contribution is -2.26. The van der Waals surface area contributed by atoms with Gasteiger partial charge in [-0.05, 0) is 36.4 Å². The number of rotatable bonds is 5. The van der Waals surface area contributed by atoms with Gasteiger partial charge in [-0.1, -0.05) is 23.2 Å². The zero-order valence-electron chi connectivity index (χ0n) is 12.4. The van der Waals surface area contributed by atoms with Crippen LogP contribution in [0.15, 0.2) is 41.3 Å². The third-order valence-electron chi connectivity index (χ3n) is 3.23. The van der Waals surface area contributed by atoms with E-state index >= 15 is 0 Å². The van der Waals surface area contributed by atoms with Crippen molar-refractivity contribution < 1.29 is 17.5 Å². The van der Waals surface area contributed by atoms with E-state index in [1.165, 1.54) is 20.2 Å². The highest BCUT2D eigenvalue weighted by Crippen LogP contribution is 2.27. The first kappa shape index (κ1) is 18.0. The van der Waals surface area contributed by atoms with Crippen molar-refractivity contribution in [2.75, 3.05) is 14.2 Å². The molecule has 0 aliphatic carbocycles. The van der Waals surface area contributed by atoms with E-state index in [2.05, 4.69) is 0 Å². The Morgan fingerprint density at radius 3 is 2.48 bits per heavy atom. The fraction of sp³-hybridized carbons (Fsp3) is 0.200. The molecule has 0 fully saturated rings. The van der Waals surface area contributed by atoms with Gasteiger partial charge in [0.25, 0.3) is 0 Å². The van der Waals surface area contributed by atoms with Crippen LogP contribution in [-0.4, -0.2) is 26.9 Å². The third kappa shape index (κ3) is 3.95. The van der Waals surface area contributed by atoms with E-state index in [4.69, 9.17) is 27.9 Å². The molecule has 2 aromatic carbocycles. The maximum Gasteiger partial charge on any atom is 0.243 e. The first-order chi connectivity index (χ1) is 10.8. The monoisotopic (exact) mass is 377 g/mol. The molecule has 8 heteroatoms. The molecule has 0 spiro atoms. The van der Waals surface area contributed by atoms with Crippen LogP contribution < -0.4 is 4.74 Å². The molecule has 0 saturated carbocycles. The molecule has 0 bridgehead atoms. The van der Waals surface area contributed by atoms with E-state index in [0.717, 1.165) is 16.4 Å². The van der Waals surface area contributed by atoms with Gasteiger partial charge in [0.2, 0.25) is 10.0 Å². The summed E-state index contributed by atoms with van der Waals surface area (Å²) in [6, 6.07) is 8.21. The summed E-state index contributed by atoms with van der Waals surface area (Å²) >= 11 is 11.6. The van der Waals surface area contributed by atoms with E-state index in [9.17, 15) is 12.8 Å². The topological polar surface area (TPSA) is 46.6 Å². The summed E-state index contributed by atoms with van der Waals surface area (Å²) in [5, 5.41) is 0.219. The van der Waals surface area contributed by atoms with E-state index < -0.39 is 15.8 Å². The molecule has 0 saturated heterocycles. The molecule has 0 N–H and O–H groups in total. The average Bonchev–Trinajstić information content (AvgIpc) is 2.50. The molecule has 0 atom stereocenters. The number of methoxy groups -OCH3 is 1. The van der Waals surface area contributed by atoms with Gasteiger partial charge in [0, 0.05) is 24.2 Å². The minimum atomic E-state index is -3.83. The Morgan fingerprint density at radius 2 is 1.87 bits per heavy atom. The minimum Gasteiger partial charge on any atom is -0.496 e. The highest BCUT2D eigenvalue weighted by atomic mass is 35.5. The number of nitrogens with zero attached hydrogens (tertiary/aromatic N) is 1. The molecule has 0 aliphatic heterocycles. The number of ether oxygens (including phenoxy) is 1. The van der Waals surface area contributed by atoms with E-state index in [1.807, 2.05) is 0 Å². The largest absolute Gasteiger partial charge is 0.496 e. The zero-order valence-corrected chi connectivity index (χ0v) is 14.7. The number of benzene rings is 2. The van der Waals surface area contributed by atoms with Crippen molar-refractivity contribution in [3.05, 3.63) is 57.8 Å². The van der Waals surface area contributed by atoms with Crippen LogP contribution in [0.5, 0.6) is 5.75 Å². The first-order valence-electron chi connectivity index (χ1n) is 6.49. The van der Waals surface area contributed by atoms with Crippen molar-refractivity contribution in [2.24, 2.45) is 0 Å². The molecule has 0 unspecified atom stereocenters. The summed E-state index contributed by atoms with van der Waals surface area (Å²) in [7, 11) is -0.934. The highest BCUT2D eigenvalue weighted by molar-refractivity contribution is 7.89. The second-order valence-corrected chi connectivity index (χ2v) is 7.68. The maximum atomic E-state index is 13.2. The molecule has 23 heavy (non-hydrogen) atoms. The van der Waals surface area contributed by atoms with Gasteiger partial charge < -0.3 is 4.74 Å². The van der Waals surface area contributed by atoms with Crippen LogP contribution in [0.2, 0.25) is 10.0 Å². The Kier molecular flexibility index (Phi) is 5.52. The Morgan fingerprint density at radius 1 is 1.17 bits per heavy atom. The maximum absolute atomic E-state index is 13.2. The minimum absolute atomic E-state index is 0.0427. The molecule has 0 heterocycles. The quantitative estimate of drug-likeness (QED) is 0.791. The summed E-state index contributed by atoms with van der Waals surface area (Å²) in [5.74, 6) is -0.154. The second kappa shape index (κ2) is 7.05. The first-order valence-corrected chi connectivity index (χ1v) is 8.69. The summed E-state index contributed by atoms with van der Waals surface area (Å²) < 4.78 is 44.6. The third-order valence-corrected chi connectivity index (χ3v) is 5.56. The molecule has 0 amide bonds. The van der Waals surface area contributed by atoms with Crippen LogP contribution in [-0.2, 0) is 16.6 Å². The summed E-state index contributed by atoms with van der Waals surface area (Å²) in [4.78, 5) is -0.0904. The average molecular weight is 378 g/mol. The van der Waals surface area contributed by atoms with Gasteiger partial charge in [-0.2, -0.15) is 4.31 Å². The van der Waals surface area contributed by atoms with Gasteiger partial charge in [0.15, 0.2) is 0 Å². The number of sulfonamides is 1. The van der Waals surface area contributed by atoms with E-state index in [0.29, 0.717) is 16.3 Å². The van der Waals surface area contributed by atoms with Crippen LogP contribution in [0.4, 0.5) is 4.39 Å². The fourth-order valence-electron chi connectivity index (χ4n) is 2.01. The Hall–Kier alpha value is -1.34. The predicted octanol–water partition coefficient (Wildman–Crippen LogP) is 3.96. The molecule has 2 aromatic rings. The Bertz CT molecular complexity index is 827. The second-order valence-electron chi connectivity index (χ2n) is 4.79. The molecule has 0 radical (unpaired) electrons. The van der Waals surface area contributed by atoms with Gasteiger partial charge in [-0.25, -0.2) is 12.8 Å². The van der Waals surface area contributed by atoms with Crippen molar-refractivity contribution in [1.82, 2.24) is 4.31 Å². The Labute approximate surface area is 144 Å². The SMILES string of the molecule is COc1ccc(Cl)cc1CN(C)S(=O)(=O)c1ccc(F)c(Cl)c1. The van der Waals surface area contributed by atoms with Crippen LogP contribution in [0.3, 0.4) is 0 Å². The van der Waals surface area contributed by atoms with Crippen LogP contribution in [0.25, 0.3) is 0 Å². The lowest BCUT2D eigenvalue weighted by Gasteiger charge is -2.19. The van der Waals surface area contributed by atoms with Gasteiger partial charge in [0.1, 0.15) is 11.6 Å². The van der Waals surface area contributed by atoms with Crippen molar-refractivity contribution in [3.8, 4) is 5.75 Å².